The molecule has 1 heterocycles. The van der Waals surface area contributed by atoms with Gasteiger partial charge in [-0.3, -0.25) is 0 Å². The van der Waals surface area contributed by atoms with E-state index in [0.717, 1.165) is 24.0 Å². The third kappa shape index (κ3) is 4.14. The van der Waals surface area contributed by atoms with Gasteiger partial charge in [0.2, 0.25) is 0 Å². The van der Waals surface area contributed by atoms with Crippen LogP contribution in [0.15, 0.2) is 28.7 Å². The van der Waals surface area contributed by atoms with Crippen molar-refractivity contribution in [1.82, 2.24) is 10.3 Å². The molecule has 0 bridgehead atoms. The number of halogens is 1. The molecule has 0 fully saturated rings. The molecule has 0 spiro atoms. The topological polar surface area (TPSA) is 24.9 Å². The molecule has 0 atom stereocenters. The molecule has 1 aromatic heterocycles. The van der Waals surface area contributed by atoms with Crippen molar-refractivity contribution in [2.24, 2.45) is 0 Å². The highest BCUT2D eigenvalue weighted by Gasteiger charge is 2.14. The van der Waals surface area contributed by atoms with Gasteiger partial charge in [0.25, 0.3) is 0 Å². The van der Waals surface area contributed by atoms with Gasteiger partial charge >= 0.3 is 0 Å². The summed E-state index contributed by atoms with van der Waals surface area (Å²) in [6.45, 7) is 8.50. The van der Waals surface area contributed by atoms with Crippen LogP contribution < -0.4 is 5.32 Å². The Morgan fingerprint density at radius 2 is 2.15 bits per heavy atom. The molecule has 2 rings (SSSR count). The maximum atomic E-state index is 4.85. The van der Waals surface area contributed by atoms with E-state index in [2.05, 4.69) is 66.3 Å². The van der Waals surface area contributed by atoms with Gasteiger partial charge in [-0.25, -0.2) is 4.98 Å². The normalized spacial score (nSPS) is 11.2. The van der Waals surface area contributed by atoms with E-state index in [-0.39, 0.29) is 0 Å². The summed E-state index contributed by atoms with van der Waals surface area (Å²) in [5.41, 5.74) is 2.55. The highest BCUT2D eigenvalue weighted by atomic mass is 79.9. The molecule has 20 heavy (non-hydrogen) atoms. The Bertz CT molecular complexity index is 563. The van der Waals surface area contributed by atoms with E-state index in [4.69, 9.17) is 4.98 Å². The minimum absolute atomic E-state index is 0.483. The Morgan fingerprint density at radius 3 is 2.80 bits per heavy atom. The average Bonchev–Trinajstić information content (AvgIpc) is 2.79. The molecule has 0 unspecified atom stereocenters. The van der Waals surface area contributed by atoms with E-state index < -0.39 is 0 Å². The van der Waals surface area contributed by atoms with Gasteiger partial charge in [0, 0.05) is 22.3 Å². The van der Waals surface area contributed by atoms with E-state index in [0.29, 0.717) is 5.92 Å². The number of hydrogen-bond donors (Lipinski definition) is 1. The van der Waals surface area contributed by atoms with Crippen LogP contribution in [-0.2, 0) is 13.0 Å². The first-order valence-corrected chi connectivity index (χ1v) is 8.64. The van der Waals surface area contributed by atoms with Crippen LogP contribution in [0.2, 0.25) is 0 Å². The molecule has 0 aliphatic rings. The largest absolute Gasteiger partial charge is 0.312 e. The molecule has 1 N–H and O–H groups in total. The Kier molecular flexibility index (Phi) is 5.75. The van der Waals surface area contributed by atoms with Crippen LogP contribution in [0.4, 0.5) is 0 Å². The summed E-state index contributed by atoms with van der Waals surface area (Å²) < 4.78 is 1.13. The van der Waals surface area contributed by atoms with Gasteiger partial charge in [0.05, 0.1) is 10.7 Å². The first-order chi connectivity index (χ1) is 9.60. The van der Waals surface area contributed by atoms with Gasteiger partial charge in [-0.05, 0) is 30.2 Å². The van der Waals surface area contributed by atoms with Crippen molar-refractivity contribution in [1.29, 1.82) is 0 Å². The van der Waals surface area contributed by atoms with Gasteiger partial charge in [0.15, 0.2) is 0 Å². The number of hydrogen-bond acceptors (Lipinski definition) is 3. The first-order valence-electron chi connectivity index (χ1n) is 7.03. The molecular formula is C16H21BrN2S. The van der Waals surface area contributed by atoms with Crippen molar-refractivity contribution in [3.05, 3.63) is 49.9 Å². The standard InChI is InChI=1S/C16H21BrN2S/c1-4-18-10-14-16(11(2)3)19-15(20-14)9-12-6-5-7-13(17)8-12/h5-8,11,18H,4,9-10H2,1-3H3. The highest BCUT2D eigenvalue weighted by molar-refractivity contribution is 9.10. The summed E-state index contributed by atoms with van der Waals surface area (Å²) in [5, 5.41) is 4.62. The minimum atomic E-state index is 0.483. The number of aromatic nitrogens is 1. The van der Waals surface area contributed by atoms with E-state index >= 15 is 0 Å². The van der Waals surface area contributed by atoms with Crippen LogP contribution in [0, 0.1) is 0 Å². The molecule has 0 saturated carbocycles. The maximum Gasteiger partial charge on any atom is 0.0975 e. The quantitative estimate of drug-likeness (QED) is 0.812. The fraction of sp³-hybridized carbons (Fsp3) is 0.438. The number of nitrogens with zero attached hydrogens (tertiary/aromatic N) is 1. The Balaban J connectivity index is 2.19. The van der Waals surface area contributed by atoms with Gasteiger partial charge in [-0.2, -0.15) is 0 Å². The fourth-order valence-electron chi connectivity index (χ4n) is 2.13. The van der Waals surface area contributed by atoms with Gasteiger partial charge in [-0.1, -0.05) is 48.8 Å². The first kappa shape index (κ1) is 15.7. The maximum absolute atomic E-state index is 4.85. The molecular weight excluding hydrogens is 332 g/mol. The van der Waals surface area contributed by atoms with Crippen LogP contribution in [0.3, 0.4) is 0 Å². The lowest BCUT2D eigenvalue weighted by molar-refractivity contribution is 0.713. The van der Waals surface area contributed by atoms with Crippen LogP contribution in [-0.4, -0.2) is 11.5 Å². The Hall–Kier alpha value is -0.710. The van der Waals surface area contributed by atoms with Crippen molar-refractivity contribution in [3.8, 4) is 0 Å². The molecule has 0 radical (unpaired) electrons. The second-order valence-corrected chi connectivity index (χ2v) is 7.24. The summed E-state index contributed by atoms with van der Waals surface area (Å²) in [6, 6.07) is 8.46. The molecule has 1 aromatic carbocycles. The minimum Gasteiger partial charge on any atom is -0.312 e. The van der Waals surface area contributed by atoms with Gasteiger partial charge < -0.3 is 5.32 Å². The van der Waals surface area contributed by atoms with E-state index in [9.17, 15) is 0 Å². The highest BCUT2D eigenvalue weighted by Crippen LogP contribution is 2.27. The zero-order valence-electron chi connectivity index (χ0n) is 12.2. The number of benzene rings is 1. The SMILES string of the molecule is CCNCc1sc(Cc2cccc(Br)c2)nc1C(C)C. The zero-order valence-corrected chi connectivity index (χ0v) is 14.6. The number of thiazole rings is 1. The molecule has 4 heteroatoms. The average molecular weight is 353 g/mol. The molecule has 0 aliphatic heterocycles. The third-order valence-corrected chi connectivity index (χ3v) is 4.66. The summed E-state index contributed by atoms with van der Waals surface area (Å²) in [5.74, 6) is 0.483. The van der Waals surface area contributed by atoms with E-state index in [1.165, 1.54) is 21.1 Å². The lowest BCUT2D eigenvalue weighted by Gasteiger charge is -2.04. The van der Waals surface area contributed by atoms with Crippen molar-refractivity contribution < 1.29 is 0 Å². The molecule has 2 aromatic rings. The molecule has 0 aliphatic carbocycles. The predicted octanol–water partition coefficient (Wildman–Crippen LogP) is 4.73. The summed E-state index contributed by atoms with van der Waals surface area (Å²) in [4.78, 5) is 6.23. The number of nitrogens with one attached hydrogen (secondary N) is 1. The number of rotatable bonds is 6. The summed E-state index contributed by atoms with van der Waals surface area (Å²) in [7, 11) is 0. The second kappa shape index (κ2) is 7.34. The smallest absolute Gasteiger partial charge is 0.0975 e. The second-order valence-electron chi connectivity index (χ2n) is 5.16. The van der Waals surface area contributed by atoms with Crippen molar-refractivity contribution in [3.63, 3.8) is 0 Å². The molecule has 108 valence electrons. The van der Waals surface area contributed by atoms with Crippen molar-refractivity contribution in [2.75, 3.05) is 6.54 Å². The molecule has 0 saturated heterocycles. The fourth-order valence-corrected chi connectivity index (χ4v) is 3.80. The summed E-state index contributed by atoms with van der Waals surface area (Å²) in [6.07, 6.45) is 0.913. The lowest BCUT2D eigenvalue weighted by atomic mass is 10.1. The summed E-state index contributed by atoms with van der Waals surface area (Å²) >= 11 is 5.37. The van der Waals surface area contributed by atoms with Crippen LogP contribution in [0.25, 0.3) is 0 Å². The van der Waals surface area contributed by atoms with Crippen LogP contribution in [0.5, 0.6) is 0 Å². The molecule has 2 nitrogen and oxygen atoms in total. The Labute approximate surface area is 133 Å². The zero-order chi connectivity index (χ0) is 14.5. The lowest BCUT2D eigenvalue weighted by Crippen LogP contribution is -2.12. The Morgan fingerprint density at radius 1 is 1.35 bits per heavy atom. The van der Waals surface area contributed by atoms with E-state index in [1.54, 1.807) is 0 Å². The monoisotopic (exact) mass is 352 g/mol. The van der Waals surface area contributed by atoms with Crippen LogP contribution in [0.1, 0.15) is 47.8 Å². The van der Waals surface area contributed by atoms with Crippen molar-refractivity contribution >= 4 is 27.3 Å². The molecule has 0 amide bonds. The van der Waals surface area contributed by atoms with E-state index in [1.807, 2.05) is 11.3 Å². The van der Waals surface area contributed by atoms with Crippen LogP contribution >= 0.6 is 27.3 Å². The predicted molar refractivity (Wildman–Crippen MR) is 90.5 cm³/mol. The van der Waals surface area contributed by atoms with Gasteiger partial charge in [-0.15, -0.1) is 11.3 Å². The third-order valence-electron chi connectivity index (χ3n) is 3.10. The van der Waals surface area contributed by atoms with Crippen molar-refractivity contribution in [2.45, 2.75) is 39.7 Å². The van der Waals surface area contributed by atoms with Gasteiger partial charge in [0.1, 0.15) is 0 Å².